The second-order valence-electron chi connectivity index (χ2n) is 9.29. The fourth-order valence-electron chi connectivity index (χ4n) is 4.96. The summed E-state index contributed by atoms with van der Waals surface area (Å²) >= 11 is 5.99. The maximum absolute atomic E-state index is 13.1. The Morgan fingerprint density at radius 1 is 1.12 bits per heavy atom. The van der Waals surface area contributed by atoms with Gasteiger partial charge in [0, 0.05) is 30.2 Å². The van der Waals surface area contributed by atoms with E-state index < -0.39 is 0 Å². The van der Waals surface area contributed by atoms with Crippen molar-refractivity contribution in [3.8, 4) is 5.69 Å². The number of carbonyl (C=O) groups is 1. The molecule has 2 aliphatic rings. The van der Waals surface area contributed by atoms with Crippen LogP contribution in [-0.4, -0.2) is 49.1 Å². The molecule has 3 aromatic rings. The van der Waals surface area contributed by atoms with Crippen LogP contribution >= 0.6 is 11.6 Å². The van der Waals surface area contributed by atoms with Crippen LogP contribution in [0, 0.1) is 5.92 Å². The second-order valence-corrected chi connectivity index (χ2v) is 9.73. The molecule has 1 aromatic carbocycles. The highest BCUT2D eigenvalue weighted by atomic mass is 35.5. The Balaban J connectivity index is 1.36. The average molecular weight is 466 g/mol. The van der Waals surface area contributed by atoms with Crippen molar-refractivity contribution in [3.05, 3.63) is 59.8 Å². The molecular formula is C24H28ClN7O. The molecule has 2 fully saturated rings. The van der Waals surface area contributed by atoms with E-state index in [9.17, 15) is 4.79 Å². The molecule has 3 heterocycles. The van der Waals surface area contributed by atoms with Crippen LogP contribution in [0.3, 0.4) is 0 Å². The van der Waals surface area contributed by atoms with Crippen LogP contribution < -0.4 is 10.2 Å². The molecule has 33 heavy (non-hydrogen) atoms. The van der Waals surface area contributed by atoms with Crippen molar-refractivity contribution in [2.75, 3.05) is 17.3 Å². The van der Waals surface area contributed by atoms with Gasteiger partial charge in [-0.1, -0.05) is 25.4 Å². The number of aromatic nitrogens is 4. The number of rotatable bonds is 6. The summed E-state index contributed by atoms with van der Waals surface area (Å²) in [6.07, 6.45) is 7.52. The first-order valence-corrected chi connectivity index (χ1v) is 11.6. The molecule has 1 saturated carbocycles. The lowest BCUT2D eigenvalue weighted by molar-refractivity contribution is 0.209. The zero-order chi connectivity index (χ0) is 23.3. The molecular weight excluding hydrogens is 438 g/mol. The first-order chi connectivity index (χ1) is 15.8. The lowest BCUT2D eigenvalue weighted by Crippen LogP contribution is -2.43. The minimum absolute atomic E-state index is 0.00519. The summed E-state index contributed by atoms with van der Waals surface area (Å²) < 4.78 is 1.95. The van der Waals surface area contributed by atoms with E-state index in [1.807, 2.05) is 64.9 Å². The van der Waals surface area contributed by atoms with Crippen molar-refractivity contribution in [3.63, 3.8) is 0 Å². The number of halogens is 1. The van der Waals surface area contributed by atoms with Crippen LogP contribution in [-0.2, 0) is 0 Å². The van der Waals surface area contributed by atoms with Gasteiger partial charge in [-0.25, -0.2) is 14.8 Å². The fourth-order valence-corrected chi connectivity index (χ4v) is 5.09. The van der Waals surface area contributed by atoms with E-state index in [4.69, 9.17) is 16.6 Å². The Hall–Kier alpha value is -3.13. The Kier molecular flexibility index (Phi) is 5.28. The molecule has 172 valence electrons. The molecule has 0 unspecified atom stereocenters. The summed E-state index contributed by atoms with van der Waals surface area (Å²) in [4.78, 5) is 30.5. The zero-order valence-electron chi connectivity index (χ0n) is 19.2. The van der Waals surface area contributed by atoms with Gasteiger partial charge < -0.3 is 14.8 Å². The number of imidazole rings is 1. The molecule has 1 aliphatic carbocycles. The van der Waals surface area contributed by atoms with Gasteiger partial charge in [-0.2, -0.15) is 4.98 Å². The van der Waals surface area contributed by atoms with E-state index in [1.165, 1.54) is 0 Å². The number of hydrogen-bond donors (Lipinski definition) is 1. The molecule has 2 aromatic heterocycles. The molecule has 2 amide bonds. The van der Waals surface area contributed by atoms with Gasteiger partial charge in [-0.05, 0) is 56.0 Å². The second kappa shape index (κ2) is 8.02. The third kappa shape index (κ3) is 3.72. The lowest BCUT2D eigenvalue weighted by Gasteiger charge is -2.29. The van der Waals surface area contributed by atoms with Crippen molar-refractivity contribution in [2.45, 2.75) is 51.2 Å². The zero-order valence-corrected chi connectivity index (χ0v) is 20.0. The monoisotopic (exact) mass is 465 g/mol. The predicted molar refractivity (Wildman–Crippen MR) is 129 cm³/mol. The first-order valence-electron chi connectivity index (χ1n) is 11.3. The summed E-state index contributed by atoms with van der Waals surface area (Å²) in [7, 11) is 1.91. The highest BCUT2D eigenvalue weighted by Crippen LogP contribution is 2.53. The van der Waals surface area contributed by atoms with Crippen molar-refractivity contribution in [2.24, 2.45) is 5.92 Å². The molecule has 1 spiro atoms. The van der Waals surface area contributed by atoms with E-state index >= 15 is 0 Å². The largest absolute Gasteiger partial charge is 0.346 e. The fraction of sp³-hybridized carbons (Fsp3) is 0.417. The predicted octanol–water partition coefficient (Wildman–Crippen LogP) is 4.92. The quantitative estimate of drug-likeness (QED) is 0.559. The van der Waals surface area contributed by atoms with Crippen LogP contribution in [0.2, 0.25) is 5.02 Å². The Bertz CT molecular complexity index is 1170. The summed E-state index contributed by atoms with van der Waals surface area (Å²) in [5.74, 6) is 1.42. The third-order valence-electron chi connectivity index (χ3n) is 6.79. The highest BCUT2D eigenvalue weighted by molar-refractivity contribution is 6.30. The lowest BCUT2D eigenvalue weighted by atomic mass is 9.94. The molecule has 9 heteroatoms. The van der Waals surface area contributed by atoms with Crippen molar-refractivity contribution in [1.29, 1.82) is 0 Å². The average Bonchev–Trinajstić information content (AvgIpc) is 3.37. The maximum atomic E-state index is 13.1. The first kappa shape index (κ1) is 21.7. The topological polar surface area (TPSA) is 79.2 Å². The van der Waals surface area contributed by atoms with E-state index in [0.717, 1.165) is 24.2 Å². The number of nitrogens with zero attached hydrogens (tertiary/aromatic N) is 6. The summed E-state index contributed by atoms with van der Waals surface area (Å²) in [5.41, 5.74) is 1.77. The van der Waals surface area contributed by atoms with Gasteiger partial charge in [-0.15, -0.1) is 0 Å². The third-order valence-corrected chi connectivity index (χ3v) is 7.04. The molecule has 1 aliphatic heterocycles. The van der Waals surface area contributed by atoms with Gasteiger partial charge >= 0.3 is 6.03 Å². The minimum atomic E-state index is -0.124. The van der Waals surface area contributed by atoms with Crippen LogP contribution in [0.25, 0.3) is 5.69 Å². The number of hydrogen-bond acceptors (Lipinski definition) is 5. The van der Waals surface area contributed by atoms with Gasteiger partial charge in [0.15, 0.2) is 0 Å². The molecule has 8 nitrogen and oxygen atoms in total. The molecule has 0 bridgehead atoms. The van der Waals surface area contributed by atoms with E-state index in [0.29, 0.717) is 22.7 Å². The van der Waals surface area contributed by atoms with Gasteiger partial charge in [0.1, 0.15) is 5.82 Å². The van der Waals surface area contributed by atoms with Gasteiger partial charge in [0.2, 0.25) is 5.95 Å². The normalized spacial score (nSPS) is 20.1. The number of amides is 2. The minimum Gasteiger partial charge on any atom is -0.346 e. The number of urea groups is 1. The Morgan fingerprint density at radius 2 is 1.85 bits per heavy atom. The van der Waals surface area contributed by atoms with E-state index in [-0.39, 0.29) is 23.7 Å². The van der Waals surface area contributed by atoms with Crippen molar-refractivity contribution >= 4 is 29.4 Å². The van der Waals surface area contributed by atoms with Crippen LogP contribution in [0.5, 0.6) is 0 Å². The number of benzene rings is 1. The molecule has 2 atom stereocenters. The van der Waals surface area contributed by atoms with Crippen LogP contribution in [0.4, 0.5) is 16.6 Å². The molecule has 5 rings (SSSR count). The van der Waals surface area contributed by atoms with Gasteiger partial charge in [-0.3, -0.25) is 4.90 Å². The smallest absolute Gasteiger partial charge is 0.326 e. The summed E-state index contributed by atoms with van der Waals surface area (Å²) in [5, 5.41) is 4.03. The number of likely N-dealkylation sites (N-methyl/N-ethyl adjacent to an activating group) is 1. The summed E-state index contributed by atoms with van der Waals surface area (Å²) in [6.45, 7) is 6.35. The van der Waals surface area contributed by atoms with Crippen LogP contribution in [0.1, 0.15) is 45.3 Å². The van der Waals surface area contributed by atoms with E-state index in [2.05, 4.69) is 29.1 Å². The molecule has 1 N–H and O–H groups in total. The number of carbonyl (C=O) groups excluding carboxylic acids is 1. The maximum Gasteiger partial charge on any atom is 0.326 e. The summed E-state index contributed by atoms with van der Waals surface area (Å²) in [6, 6.07) is 9.39. The van der Waals surface area contributed by atoms with E-state index in [1.54, 1.807) is 12.5 Å². The van der Waals surface area contributed by atoms with Crippen LogP contribution in [0.15, 0.2) is 49.1 Å². The van der Waals surface area contributed by atoms with Crippen molar-refractivity contribution < 1.29 is 4.79 Å². The molecule has 0 radical (unpaired) electrons. The standard InChI is InChI=1S/C24H28ClN7O/c1-15(2)21-24(10-11-24)30(4)23(33)32(21)20-9-12-26-22(29-20)28-16(3)19-13-31(14-27-19)18-7-5-17(25)6-8-18/h5-9,12-16,21H,10-11H2,1-4H3,(H,26,28,29)/t16-,21-/m0/s1. The highest BCUT2D eigenvalue weighted by Gasteiger charge is 2.64. The van der Waals surface area contributed by atoms with Crippen molar-refractivity contribution in [1.82, 2.24) is 24.4 Å². The molecule has 1 saturated heterocycles. The SMILES string of the molecule is CC(C)[C@@H]1N(c2ccnc(N[C@@H](C)c3cn(-c4ccc(Cl)cc4)cn3)n2)C(=O)N(C)C12CC2. The Morgan fingerprint density at radius 3 is 2.52 bits per heavy atom. The Labute approximate surface area is 198 Å². The number of nitrogens with one attached hydrogen (secondary N) is 1. The van der Waals surface area contributed by atoms with Gasteiger partial charge in [0.25, 0.3) is 0 Å². The number of anilines is 2. The van der Waals surface area contributed by atoms with Gasteiger partial charge in [0.05, 0.1) is 29.6 Å².